The van der Waals surface area contributed by atoms with E-state index in [1.807, 2.05) is 0 Å². The van der Waals surface area contributed by atoms with Gasteiger partial charge in [-0.25, -0.2) is 0 Å². The third kappa shape index (κ3) is 2.68. The largest absolute Gasteiger partial charge is 0.488 e. The topological polar surface area (TPSA) is 9.23 Å². The van der Waals surface area contributed by atoms with Crippen molar-refractivity contribution in [1.82, 2.24) is 0 Å². The van der Waals surface area contributed by atoms with Crippen LogP contribution in [0.3, 0.4) is 0 Å². The molecule has 0 heterocycles. The molecule has 0 aliphatic heterocycles. The number of hydrogen-bond donors (Lipinski definition) is 0. The Labute approximate surface area is 134 Å². The van der Waals surface area contributed by atoms with Gasteiger partial charge in [-0.05, 0) is 18.9 Å². The molecule has 0 spiro atoms. The van der Waals surface area contributed by atoms with Crippen molar-refractivity contribution in [3.05, 3.63) is 27.2 Å². The number of hydrogen-bond acceptors (Lipinski definition) is 1. The highest BCUT2D eigenvalue weighted by Gasteiger charge is 2.53. The maximum Gasteiger partial charge on any atom is 0.139 e. The van der Waals surface area contributed by atoms with E-state index in [-0.39, 0.29) is 16.9 Å². The fourth-order valence-corrected chi connectivity index (χ4v) is 3.95. The van der Waals surface area contributed by atoms with Crippen LogP contribution in [0.15, 0.2) is 12.1 Å². The summed E-state index contributed by atoms with van der Waals surface area (Å²) in [4.78, 5) is 0. The number of benzene rings is 1. The lowest BCUT2D eigenvalue weighted by molar-refractivity contribution is -0.0461. The Kier molecular flexibility index (Phi) is 4.83. The van der Waals surface area contributed by atoms with Crippen LogP contribution in [0.25, 0.3) is 0 Å². The Bertz CT molecular complexity index is 471. The third-order valence-electron chi connectivity index (χ3n) is 4.25. The Morgan fingerprint density at radius 2 is 1.68 bits per heavy atom. The Balaban J connectivity index is 2.21. The van der Waals surface area contributed by atoms with E-state index in [9.17, 15) is 0 Å². The van der Waals surface area contributed by atoms with Gasteiger partial charge in [-0.3, -0.25) is 0 Å². The molecule has 0 N–H and O–H groups in total. The van der Waals surface area contributed by atoms with Crippen LogP contribution in [-0.2, 0) is 0 Å². The van der Waals surface area contributed by atoms with Crippen LogP contribution in [0.4, 0.5) is 0 Å². The second-order valence-corrected chi connectivity index (χ2v) is 6.70. The molecule has 0 amide bonds. The molecule has 0 bridgehead atoms. The summed E-state index contributed by atoms with van der Waals surface area (Å²) >= 11 is 24.4. The molecule has 106 valence electrons. The monoisotopic (exact) mass is 340 g/mol. The van der Waals surface area contributed by atoms with Gasteiger partial charge in [0, 0.05) is 23.3 Å². The van der Waals surface area contributed by atoms with Crippen LogP contribution < -0.4 is 4.74 Å². The molecule has 5 heteroatoms. The zero-order chi connectivity index (χ0) is 14.2. The van der Waals surface area contributed by atoms with Crippen molar-refractivity contribution in [1.29, 1.82) is 0 Å². The van der Waals surface area contributed by atoms with Gasteiger partial charge in [0.15, 0.2) is 0 Å². The van der Waals surface area contributed by atoms with Crippen molar-refractivity contribution >= 4 is 46.4 Å². The summed E-state index contributed by atoms with van der Waals surface area (Å²) in [6.45, 7) is 4.29. The maximum absolute atomic E-state index is 6.37. The van der Waals surface area contributed by atoms with Gasteiger partial charge in [-0.15, -0.1) is 11.6 Å². The van der Waals surface area contributed by atoms with E-state index < -0.39 is 0 Å². The summed E-state index contributed by atoms with van der Waals surface area (Å²) in [5.41, 5.74) is 0.0248. The van der Waals surface area contributed by atoms with Crippen LogP contribution in [0.1, 0.15) is 33.1 Å². The molecule has 1 aromatic carbocycles. The zero-order valence-electron chi connectivity index (χ0n) is 10.9. The fraction of sp³-hybridized carbons (Fsp3) is 0.571. The van der Waals surface area contributed by atoms with Crippen LogP contribution in [-0.4, -0.2) is 11.5 Å². The molecule has 0 radical (unpaired) electrons. The van der Waals surface area contributed by atoms with E-state index in [1.54, 1.807) is 12.1 Å². The van der Waals surface area contributed by atoms with E-state index in [1.165, 1.54) is 0 Å². The lowest BCUT2D eigenvalue weighted by Crippen LogP contribution is -2.56. The minimum absolute atomic E-state index is 0.0248. The highest BCUT2D eigenvalue weighted by Crippen LogP contribution is 2.52. The molecule has 1 saturated carbocycles. The first-order valence-corrected chi connectivity index (χ1v) is 7.97. The molecule has 0 saturated heterocycles. The Morgan fingerprint density at radius 3 is 2.21 bits per heavy atom. The van der Waals surface area contributed by atoms with E-state index in [2.05, 4.69) is 13.8 Å². The highest BCUT2D eigenvalue weighted by atomic mass is 35.5. The average molecular weight is 342 g/mol. The minimum Gasteiger partial charge on any atom is -0.488 e. The quantitative estimate of drug-likeness (QED) is 0.467. The van der Waals surface area contributed by atoms with Gasteiger partial charge < -0.3 is 4.74 Å². The minimum atomic E-state index is 0.0248. The average Bonchev–Trinajstić information content (AvgIpc) is 2.36. The van der Waals surface area contributed by atoms with Gasteiger partial charge in [0.05, 0.1) is 15.1 Å². The molecule has 1 aliphatic carbocycles. The second kappa shape index (κ2) is 5.89. The molecule has 19 heavy (non-hydrogen) atoms. The van der Waals surface area contributed by atoms with E-state index in [4.69, 9.17) is 51.1 Å². The normalized spacial score (nSPS) is 24.9. The number of rotatable bonds is 4. The molecule has 1 aliphatic rings. The first-order chi connectivity index (χ1) is 8.94. The van der Waals surface area contributed by atoms with Crippen molar-refractivity contribution < 1.29 is 4.74 Å². The van der Waals surface area contributed by atoms with Gasteiger partial charge >= 0.3 is 0 Å². The maximum atomic E-state index is 6.37. The second-order valence-electron chi connectivity index (χ2n) is 4.95. The molecule has 2 atom stereocenters. The summed E-state index contributed by atoms with van der Waals surface area (Å²) in [5.74, 6) is 0.580. The molecule has 0 aromatic heterocycles. The molecule has 1 fully saturated rings. The van der Waals surface area contributed by atoms with Crippen LogP contribution in [0, 0.1) is 5.41 Å². The van der Waals surface area contributed by atoms with Crippen LogP contribution >= 0.6 is 46.4 Å². The Hall–Kier alpha value is 0.180. The smallest absolute Gasteiger partial charge is 0.139 e. The van der Waals surface area contributed by atoms with Crippen molar-refractivity contribution in [2.24, 2.45) is 5.41 Å². The predicted molar refractivity (Wildman–Crippen MR) is 83.2 cm³/mol. The molecule has 1 aromatic rings. The molecule has 2 unspecified atom stereocenters. The summed E-state index contributed by atoms with van der Waals surface area (Å²) in [6.07, 6.45) is 2.89. The molecular formula is C14H16Cl4O. The number of halogens is 4. The van der Waals surface area contributed by atoms with Gasteiger partial charge in [0.25, 0.3) is 0 Å². The summed E-state index contributed by atoms with van der Waals surface area (Å²) in [6, 6.07) is 3.28. The lowest BCUT2D eigenvalue weighted by Gasteiger charge is -2.52. The van der Waals surface area contributed by atoms with Crippen molar-refractivity contribution in [2.45, 2.75) is 44.6 Å². The molecule has 2 rings (SSSR count). The van der Waals surface area contributed by atoms with Gasteiger partial charge in [0.2, 0.25) is 0 Å². The number of ether oxygens (including phenoxy) is 1. The lowest BCUT2D eigenvalue weighted by atomic mass is 9.62. The molecular weight excluding hydrogens is 326 g/mol. The van der Waals surface area contributed by atoms with Gasteiger partial charge in [-0.2, -0.15) is 0 Å². The first kappa shape index (κ1) is 15.6. The summed E-state index contributed by atoms with van der Waals surface area (Å²) in [7, 11) is 0. The van der Waals surface area contributed by atoms with E-state index in [0.717, 1.165) is 19.3 Å². The van der Waals surface area contributed by atoms with Crippen molar-refractivity contribution in [3.63, 3.8) is 0 Å². The SMILES string of the molecule is CCC1(CC)C(Cl)CC1Oc1cc(Cl)c(Cl)cc1Cl. The van der Waals surface area contributed by atoms with Gasteiger partial charge in [0.1, 0.15) is 11.9 Å². The van der Waals surface area contributed by atoms with Crippen LogP contribution in [0.5, 0.6) is 5.75 Å². The number of alkyl halides is 1. The van der Waals surface area contributed by atoms with Gasteiger partial charge in [-0.1, -0.05) is 48.7 Å². The van der Waals surface area contributed by atoms with Crippen molar-refractivity contribution in [3.8, 4) is 5.75 Å². The molecule has 1 nitrogen and oxygen atoms in total. The van der Waals surface area contributed by atoms with Crippen LogP contribution in [0.2, 0.25) is 15.1 Å². The fourth-order valence-electron chi connectivity index (χ4n) is 2.76. The highest BCUT2D eigenvalue weighted by molar-refractivity contribution is 6.43. The summed E-state index contributed by atoms with van der Waals surface area (Å²) < 4.78 is 6.03. The summed E-state index contributed by atoms with van der Waals surface area (Å²) in [5, 5.41) is 1.52. The van der Waals surface area contributed by atoms with E-state index >= 15 is 0 Å². The first-order valence-electron chi connectivity index (χ1n) is 6.39. The third-order valence-corrected chi connectivity index (χ3v) is 5.88. The zero-order valence-corrected chi connectivity index (χ0v) is 13.9. The Morgan fingerprint density at radius 1 is 1.11 bits per heavy atom. The van der Waals surface area contributed by atoms with Crippen molar-refractivity contribution in [2.75, 3.05) is 0 Å². The standard InChI is InChI=1S/C14H16Cl4O/c1-3-14(4-2)12(18)7-13(14)19-11-6-9(16)8(15)5-10(11)17/h5-6,12-13H,3-4,7H2,1-2H3. The predicted octanol–water partition coefficient (Wildman–Crippen LogP) is 6.21. The van der Waals surface area contributed by atoms with E-state index in [0.29, 0.717) is 20.8 Å².